The molecule has 0 heterocycles. The maximum absolute atomic E-state index is 5.13. The van der Waals surface area contributed by atoms with Gasteiger partial charge in [-0.2, -0.15) is 0 Å². The van der Waals surface area contributed by atoms with E-state index in [0.29, 0.717) is 0 Å². The van der Waals surface area contributed by atoms with E-state index in [9.17, 15) is 0 Å². The highest BCUT2D eigenvalue weighted by atomic mass is 28.2. The minimum Gasteiger partial charge on any atom is -0.463 e. The van der Waals surface area contributed by atoms with Crippen molar-refractivity contribution in [2.45, 2.75) is 46.1 Å². The summed E-state index contributed by atoms with van der Waals surface area (Å²) in [6.07, 6.45) is 4.55. The summed E-state index contributed by atoms with van der Waals surface area (Å²) >= 11 is 0. The lowest BCUT2D eigenvalue weighted by Crippen LogP contribution is -1.99. The van der Waals surface area contributed by atoms with Gasteiger partial charge in [-0.3, -0.25) is 0 Å². The lowest BCUT2D eigenvalue weighted by Gasteiger charge is -2.02. The molecule has 3 heteroatoms. The highest BCUT2D eigenvalue weighted by molar-refractivity contribution is 6.24. The molecule has 0 aromatic heterocycles. The topological polar surface area (TPSA) is 21.6 Å². The molecule has 0 rings (SSSR count). The molecule has 0 aliphatic heterocycles. The van der Waals surface area contributed by atoms with Gasteiger partial charge in [-0.15, -0.1) is 5.16 Å². The van der Waals surface area contributed by atoms with Gasteiger partial charge in [0, 0.05) is 0 Å². The highest BCUT2D eigenvalue weighted by Crippen LogP contribution is 2.00. The Bertz CT molecular complexity index is 107. The molecular weight excluding hydrogens is 154 g/mol. The van der Waals surface area contributed by atoms with Crippen molar-refractivity contribution in [2.75, 3.05) is 0 Å². The van der Waals surface area contributed by atoms with Crippen molar-refractivity contribution in [3.63, 3.8) is 0 Å². The average molecular weight is 173 g/mol. The molecule has 0 aromatic rings. The Morgan fingerprint density at radius 3 is 2.18 bits per heavy atom. The van der Waals surface area contributed by atoms with Gasteiger partial charge in [0.2, 0.25) is 0 Å². The summed E-state index contributed by atoms with van der Waals surface area (Å²) < 4.78 is 5.13. The fourth-order valence-corrected chi connectivity index (χ4v) is 1.26. The van der Waals surface area contributed by atoms with E-state index >= 15 is 0 Å². The molecule has 0 spiro atoms. The summed E-state index contributed by atoms with van der Waals surface area (Å²) in [6, 6.07) is 0. The van der Waals surface area contributed by atoms with E-state index in [4.69, 9.17) is 4.53 Å². The van der Waals surface area contributed by atoms with Crippen molar-refractivity contribution in [1.82, 2.24) is 0 Å². The van der Waals surface area contributed by atoms with Crippen LogP contribution in [0.3, 0.4) is 0 Å². The molecule has 0 aliphatic rings. The van der Waals surface area contributed by atoms with Crippen molar-refractivity contribution in [2.24, 2.45) is 5.16 Å². The van der Waals surface area contributed by atoms with Crippen LogP contribution in [0.1, 0.15) is 39.5 Å². The molecule has 2 nitrogen and oxygen atoms in total. The zero-order valence-corrected chi connectivity index (χ0v) is 9.31. The number of rotatable bonds is 6. The SMILES string of the molecule is CCCC(CCC)=NO[SiH2]C. The van der Waals surface area contributed by atoms with Crippen LogP contribution in [-0.4, -0.2) is 15.5 Å². The summed E-state index contributed by atoms with van der Waals surface area (Å²) in [5, 5.41) is 4.10. The summed E-state index contributed by atoms with van der Waals surface area (Å²) in [6.45, 7) is 6.45. The van der Waals surface area contributed by atoms with Crippen LogP contribution in [0.2, 0.25) is 6.55 Å². The normalized spacial score (nSPS) is 10.5. The molecule has 0 fully saturated rings. The Morgan fingerprint density at radius 1 is 1.27 bits per heavy atom. The first-order valence-electron chi connectivity index (χ1n) is 4.52. The van der Waals surface area contributed by atoms with Crippen molar-refractivity contribution >= 4 is 15.5 Å². The standard InChI is InChI=1S/C8H19NOSi/c1-4-6-8(7-5-2)9-10-11-3/h4-7,11H2,1-3H3. The minimum atomic E-state index is -0.350. The molecule has 0 aliphatic carbocycles. The minimum absolute atomic E-state index is 0.350. The van der Waals surface area contributed by atoms with E-state index in [2.05, 4.69) is 25.6 Å². The molecule has 66 valence electrons. The van der Waals surface area contributed by atoms with Crippen LogP contribution in [-0.2, 0) is 4.53 Å². The van der Waals surface area contributed by atoms with Crippen molar-refractivity contribution in [3.8, 4) is 0 Å². The number of oxime groups is 1. The zero-order valence-electron chi connectivity index (χ0n) is 7.89. The third-order valence-corrected chi connectivity index (χ3v) is 1.79. The van der Waals surface area contributed by atoms with Gasteiger partial charge in [0.25, 0.3) is 9.76 Å². The Labute approximate surface area is 72.0 Å². The zero-order chi connectivity index (χ0) is 8.53. The predicted molar refractivity (Wildman–Crippen MR) is 52.7 cm³/mol. The molecule has 0 N–H and O–H groups in total. The maximum atomic E-state index is 5.13. The quantitative estimate of drug-likeness (QED) is 0.342. The first-order valence-corrected chi connectivity index (χ1v) is 6.51. The molecule has 0 unspecified atom stereocenters. The number of hydrogen-bond donors (Lipinski definition) is 0. The third-order valence-electron chi connectivity index (χ3n) is 1.40. The number of hydrogen-bond acceptors (Lipinski definition) is 2. The Morgan fingerprint density at radius 2 is 1.82 bits per heavy atom. The van der Waals surface area contributed by atoms with Crippen molar-refractivity contribution < 1.29 is 4.53 Å². The van der Waals surface area contributed by atoms with Gasteiger partial charge in [-0.1, -0.05) is 26.7 Å². The third kappa shape index (κ3) is 6.10. The Kier molecular flexibility index (Phi) is 7.57. The molecule has 0 amide bonds. The first kappa shape index (κ1) is 10.7. The predicted octanol–water partition coefficient (Wildman–Crippen LogP) is 2.09. The van der Waals surface area contributed by atoms with Crippen LogP contribution >= 0.6 is 0 Å². The summed E-state index contributed by atoms with van der Waals surface area (Å²) in [4.78, 5) is 0. The molecule has 0 saturated carbocycles. The molecule has 11 heavy (non-hydrogen) atoms. The van der Waals surface area contributed by atoms with Crippen molar-refractivity contribution in [3.05, 3.63) is 0 Å². The van der Waals surface area contributed by atoms with Gasteiger partial charge in [0.15, 0.2) is 0 Å². The Hall–Kier alpha value is -0.313. The van der Waals surface area contributed by atoms with E-state index in [1.165, 1.54) is 18.6 Å². The van der Waals surface area contributed by atoms with Crippen LogP contribution in [0.15, 0.2) is 5.16 Å². The summed E-state index contributed by atoms with van der Waals surface area (Å²) in [5.41, 5.74) is 1.24. The highest BCUT2D eigenvalue weighted by Gasteiger charge is 1.96. The van der Waals surface area contributed by atoms with Crippen LogP contribution in [0, 0.1) is 0 Å². The molecular formula is C8H19NOSi. The smallest absolute Gasteiger partial charge is 0.254 e. The van der Waals surface area contributed by atoms with Crippen molar-refractivity contribution in [1.29, 1.82) is 0 Å². The lowest BCUT2D eigenvalue weighted by molar-refractivity contribution is 0.362. The lowest BCUT2D eigenvalue weighted by atomic mass is 10.1. The number of nitrogens with zero attached hydrogens (tertiary/aromatic N) is 1. The van der Waals surface area contributed by atoms with Crippen LogP contribution in [0.25, 0.3) is 0 Å². The molecule has 0 bridgehead atoms. The van der Waals surface area contributed by atoms with E-state index < -0.39 is 0 Å². The monoisotopic (exact) mass is 173 g/mol. The van der Waals surface area contributed by atoms with Crippen LogP contribution in [0.5, 0.6) is 0 Å². The fraction of sp³-hybridized carbons (Fsp3) is 0.875. The first-order chi connectivity index (χ1) is 5.35. The Balaban J connectivity index is 3.66. The van der Waals surface area contributed by atoms with E-state index in [-0.39, 0.29) is 9.76 Å². The molecule has 0 atom stereocenters. The van der Waals surface area contributed by atoms with E-state index in [1.807, 2.05) is 0 Å². The molecule has 0 saturated heterocycles. The van der Waals surface area contributed by atoms with Gasteiger partial charge >= 0.3 is 0 Å². The second kappa shape index (κ2) is 7.79. The molecule has 0 radical (unpaired) electrons. The van der Waals surface area contributed by atoms with Gasteiger partial charge in [0.05, 0.1) is 5.71 Å². The van der Waals surface area contributed by atoms with Gasteiger partial charge in [0.1, 0.15) is 0 Å². The van der Waals surface area contributed by atoms with Gasteiger partial charge in [-0.05, 0) is 19.4 Å². The van der Waals surface area contributed by atoms with Crippen LogP contribution in [0.4, 0.5) is 0 Å². The molecule has 0 aromatic carbocycles. The summed E-state index contributed by atoms with van der Waals surface area (Å²) in [5.74, 6) is 0. The second-order valence-corrected chi connectivity index (χ2v) is 3.41. The largest absolute Gasteiger partial charge is 0.463 e. The average Bonchev–Trinajstić information content (AvgIpc) is 2.01. The fourth-order valence-electron chi connectivity index (χ4n) is 0.949. The van der Waals surface area contributed by atoms with Gasteiger partial charge in [-0.25, -0.2) is 0 Å². The second-order valence-electron chi connectivity index (χ2n) is 2.58. The van der Waals surface area contributed by atoms with Gasteiger partial charge < -0.3 is 4.53 Å². The maximum Gasteiger partial charge on any atom is 0.254 e. The summed E-state index contributed by atoms with van der Waals surface area (Å²) in [7, 11) is -0.350. The van der Waals surface area contributed by atoms with E-state index in [0.717, 1.165) is 12.8 Å². The van der Waals surface area contributed by atoms with E-state index in [1.54, 1.807) is 0 Å². The van der Waals surface area contributed by atoms with Crippen LogP contribution < -0.4 is 0 Å².